The fourth-order valence-corrected chi connectivity index (χ4v) is 3.50. The fraction of sp³-hybridized carbons (Fsp3) is 0.421. The lowest BCUT2D eigenvalue weighted by Crippen LogP contribution is -2.40. The average Bonchev–Trinajstić information content (AvgIpc) is 3.01. The maximum atomic E-state index is 13.2. The van der Waals surface area contributed by atoms with Crippen LogP contribution in [0.1, 0.15) is 36.1 Å². The lowest BCUT2D eigenvalue weighted by atomic mass is 9.99. The zero-order valence-electron chi connectivity index (χ0n) is 14.5. The van der Waals surface area contributed by atoms with E-state index in [1.165, 1.54) is 5.56 Å². The maximum absolute atomic E-state index is 13.2. The normalized spacial score (nSPS) is 12.4. The summed E-state index contributed by atoms with van der Waals surface area (Å²) in [5.41, 5.74) is 3.46. The molecule has 0 aliphatic rings. The third-order valence-corrected chi connectivity index (χ3v) is 4.72. The molecule has 1 atom stereocenters. The Hall–Kier alpha value is -1.65. The Morgan fingerprint density at radius 3 is 2.52 bits per heavy atom. The van der Waals surface area contributed by atoms with Gasteiger partial charge in [-0.1, -0.05) is 31.2 Å². The number of likely N-dealkylation sites (N-methyl/N-ethyl adjacent to an activating group) is 1. The van der Waals surface area contributed by atoms with E-state index in [-0.39, 0.29) is 11.9 Å². The molecule has 1 heterocycles. The van der Waals surface area contributed by atoms with Gasteiger partial charge in [-0.3, -0.25) is 9.69 Å². The minimum absolute atomic E-state index is 0.178. The fourth-order valence-electron chi connectivity index (χ4n) is 2.84. The summed E-state index contributed by atoms with van der Waals surface area (Å²) < 4.78 is 0. The molecule has 124 valence electrons. The number of benzene rings is 1. The van der Waals surface area contributed by atoms with E-state index in [2.05, 4.69) is 42.8 Å². The number of carbonyl (C=O) groups is 1. The topological polar surface area (TPSA) is 23.6 Å². The van der Waals surface area contributed by atoms with Gasteiger partial charge < -0.3 is 4.90 Å². The van der Waals surface area contributed by atoms with Crippen LogP contribution in [0.25, 0.3) is 0 Å². The van der Waals surface area contributed by atoms with Gasteiger partial charge in [-0.25, -0.2) is 0 Å². The third kappa shape index (κ3) is 4.43. The van der Waals surface area contributed by atoms with E-state index in [1.54, 1.807) is 11.3 Å². The van der Waals surface area contributed by atoms with Gasteiger partial charge in [0, 0.05) is 13.1 Å². The molecular formula is C19H26N2OS. The Balaban J connectivity index is 2.29. The van der Waals surface area contributed by atoms with Crippen molar-refractivity contribution in [3.8, 4) is 0 Å². The van der Waals surface area contributed by atoms with Crippen LogP contribution in [0, 0.1) is 6.92 Å². The van der Waals surface area contributed by atoms with Crippen LogP contribution < -0.4 is 0 Å². The highest BCUT2D eigenvalue weighted by Crippen LogP contribution is 2.25. The zero-order chi connectivity index (χ0) is 16.8. The van der Waals surface area contributed by atoms with E-state index in [4.69, 9.17) is 0 Å². The number of amides is 1. The second kappa shape index (κ2) is 8.27. The second-order valence-electron chi connectivity index (χ2n) is 6.11. The molecule has 0 spiro atoms. The van der Waals surface area contributed by atoms with E-state index in [0.29, 0.717) is 6.54 Å². The summed E-state index contributed by atoms with van der Waals surface area (Å²) in [6, 6.07) is 10.0. The van der Waals surface area contributed by atoms with Crippen LogP contribution in [0.2, 0.25) is 0 Å². The van der Waals surface area contributed by atoms with Crippen molar-refractivity contribution in [2.45, 2.75) is 32.9 Å². The first kappa shape index (κ1) is 17.7. The van der Waals surface area contributed by atoms with Crippen LogP contribution in [0.15, 0.2) is 41.1 Å². The van der Waals surface area contributed by atoms with Crippen LogP contribution in [0.3, 0.4) is 0 Å². The van der Waals surface area contributed by atoms with E-state index in [0.717, 1.165) is 24.1 Å². The van der Waals surface area contributed by atoms with Gasteiger partial charge in [-0.2, -0.15) is 11.3 Å². The predicted octanol–water partition coefficient (Wildman–Crippen LogP) is 4.10. The SMILES string of the molecule is CCCN(Cc1ccsc1)C(=O)[C@H](c1ccccc1C)N(C)C. The van der Waals surface area contributed by atoms with E-state index < -0.39 is 0 Å². The number of thiophene rings is 1. The summed E-state index contributed by atoms with van der Waals surface area (Å²) >= 11 is 1.68. The van der Waals surface area contributed by atoms with Gasteiger partial charge in [0.15, 0.2) is 0 Å². The Kier molecular flexibility index (Phi) is 6.37. The summed E-state index contributed by atoms with van der Waals surface area (Å²) in [6.07, 6.45) is 0.962. The molecule has 0 unspecified atom stereocenters. The molecule has 4 heteroatoms. The zero-order valence-corrected chi connectivity index (χ0v) is 15.3. The molecule has 1 aromatic heterocycles. The quantitative estimate of drug-likeness (QED) is 0.763. The highest BCUT2D eigenvalue weighted by atomic mass is 32.1. The monoisotopic (exact) mass is 330 g/mol. The standard InChI is InChI=1S/C19H26N2OS/c1-5-11-21(13-16-10-12-23-14-16)19(22)18(20(3)4)17-9-7-6-8-15(17)2/h6-10,12,14,18H,5,11,13H2,1-4H3/t18-/m0/s1. The minimum atomic E-state index is -0.235. The van der Waals surface area contributed by atoms with Gasteiger partial charge in [0.25, 0.3) is 0 Å². The van der Waals surface area contributed by atoms with Crippen molar-refractivity contribution in [2.75, 3.05) is 20.6 Å². The van der Waals surface area contributed by atoms with Crippen LogP contribution >= 0.6 is 11.3 Å². The molecule has 0 radical (unpaired) electrons. The Labute approximate surface area is 143 Å². The minimum Gasteiger partial charge on any atom is -0.337 e. The van der Waals surface area contributed by atoms with Gasteiger partial charge in [0.05, 0.1) is 0 Å². The highest BCUT2D eigenvalue weighted by Gasteiger charge is 2.28. The van der Waals surface area contributed by atoms with Crippen molar-refractivity contribution in [1.29, 1.82) is 0 Å². The van der Waals surface area contributed by atoms with Gasteiger partial charge in [0.2, 0.25) is 5.91 Å². The van der Waals surface area contributed by atoms with Crippen LogP contribution in [-0.4, -0.2) is 36.3 Å². The summed E-state index contributed by atoms with van der Waals surface area (Å²) in [6.45, 7) is 5.66. The molecule has 0 fully saturated rings. The van der Waals surface area contributed by atoms with Gasteiger partial charge in [0.1, 0.15) is 6.04 Å². The van der Waals surface area contributed by atoms with Crippen molar-refractivity contribution >= 4 is 17.2 Å². The second-order valence-corrected chi connectivity index (χ2v) is 6.89. The van der Waals surface area contributed by atoms with Gasteiger partial charge >= 0.3 is 0 Å². The number of carbonyl (C=O) groups excluding carboxylic acids is 1. The average molecular weight is 330 g/mol. The van der Waals surface area contributed by atoms with Crippen LogP contribution in [0.4, 0.5) is 0 Å². The molecule has 0 bridgehead atoms. The van der Waals surface area contributed by atoms with E-state index in [9.17, 15) is 4.79 Å². The lowest BCUT2D eigenvalue weighted by Gasteiger charge is -2.31. The first-order valence-electron chi connectivity index (χ1n) is 8.06. The first-order chi connectivity index (χ1) is 11.0. The molecule has 3 nitrogen and oxygen atoms in total. The molecule has 2 rings (SSSR count). The van der Waals surface area contributed by atoms with Crippen molar-refractivity contribution in [3.63, 3.8) is 0 Å². The summed E-state index contributed by atoms with van der Waals surface area (Å²) in [7, 11) is 3.95. The number of rotatable bonds is 7. The Morgan fingerprint density at radius 2 is 1.96 bits per heavy atom. The molecule has 23 heavy (non-hydrogen) atoms. The maximum Gasteiger partial charge on any atom is 0.244 e. The van der Waals surface area contributed by atoms with Crippen molar-refractivity contribution in [1.82, 2.24) is 9.80 Å². The predicted molar refractivity (Wildman–Crippen MR) is 97.6 cm³/mol. The number of nitrogens with zero attached hydrogens (tertiary/aromatic N) is 2. The molecule has 1 amide bonds. The Morgan fingerprint density at radius 1 is 1.22 bits per heavy atom. The van der Waals surface area contributed by atoms with Crippen LogP contribution in [0.5, 0.6) is 0 Å². The smallest absolute Gasteiger partial charge is 0.244 e. The molecule has 2 aromatic rings. The molecule has 0 aliphatic heterocycles. The van der Waals surface area contributed by atoms with Crippen molar-refractivity contribution in [2.24, 2.45) is 0 Å². The third-order valence-electron chi connectivity index (χ3n) is 3.99. The molecule has 0 N–H and O–H groups in total. The van der Waals surface area contributed by atoms with E-state index >= 15 is 0 Å². The number of hydrogen-bond donors (Lipinski definition) is 0. The number of hydrogen-bond acceptors (Lipinski definition) is 3. The molecule has 0 aliphatic carbocycles. The molecule has 0 saturated heterocycles. The number of aryl methyl sites for hydroxylation is 1. The first-order valence-corrected chi connectivity index (χ1v) is 9.00. The van der Waals surface area contributed by atoms with E-state index in [1.807, 2.05) is 36.0 Å². The highest BCUT2D eigenvalue weighted by molar-refractivity contribution is 7.07. The van der Waals surface area contributed by atoms with Gasteiger partial charge in [-0.15, -0.1) is 0 Å². The van der Waals surface area contributed by atoms with Crippen molar-refractivity contribution < 1.29 is 4.79 Å². The van der Waals surface area contributed by atoms with Crippen molar-refractivity contribution in [3.05, 3.63) is 57.8 Å². The van der Waals surface area contributed by atoms with Crippen LogP contribution in [-0.2, 0) is 11.3 Å². The molecular weight excluding hydrogens is 304 g/mol. The summed E-state index contributed by atoms with van der Waals surface area (Å²) in [4.78, 5) is 17.2. The summed E-state index contributed by atoms with van der Waals surface area (Å²) in [5.74, 6) is 0.178. The summed E-state index contributed by atoms with van der Waals surface area (Å²) in [5, 5.41) is 4.18. The lowest BCUT2D eigenvalue weighted by molar-refractivity contribution is -0.137. The largest absolute Gasteiger partial charge is 0.337 e. The van der Waals surface area contributed by atoms with Gasteiger partial charge in [-0.05, 0) is 61.0 Å². The Bertz CT molecular complexity index is 622. The molecule has 0 saturated carbocycles. The molecule has 1 aromatic carbocycles.